The van der Waals surface area contributed by atoms with Crippen molar-refractivity contribution in [2.24, 2.45) is 0 Å². The zero-order chi connectivity index (χ0) is 34.6. The number of rotatable bonds is 34. The maximum atomic E-state index is 12.4. The second-order valence-electron chi connectivity index (χ2n) is 13.0. The summed E-state index contributed by atoms with van der Waals surface area (Å²) in [4.78, 5) is 36.0. The number of hydrogen-bond acceptors (Lipinski definition) is 7. The van der Waals surface area contributed by atoms with Crippen molar-refractivity contribution in [3.63, 3.8) is 0 Å². The average molecular weight is 665 g/mol. The average Bonchev–Trinajstić information content (AvgIpc) is 3.05. The Labute approximate surface area is 288 Å². The number of aliphatic hydroxyl groups excluding tert-OH is 1. The lowest BCUT2D eigenvalue weighted by Gasteiger charge is -2.16. The van der Waals surface area contributed by atoms with Gasteiger partial charge in [-0.2, -0.15) is 0 Å². The van der Waals surface area contributed by atoms with Gasteiger partial charge in [-0.15, -0.1) is 0 Å². The Hall–Kier alpha value is -2.15. The summed E-state index contributed by atoms with van der Waals surface area (Å²) in [5.41, 5.74) is 0. The molecule has 0 aromatic heterocycles. The highest BCUT2D eigenvalue weighted by molar-refractivity contribution is 5.76. The Morgan fingerprint density at radius 1 is 0.532 bits per heavy atom. The van der Waals surface area contributed by atoms with Crippen LogP contribution in [0.3, 0.4) is 0 Å². The zero-order valence-corrected chi connectivity index (χ0v) is 30.7. The second kappa shape index (κ2) is 35.2. The van der Waals surface area contributed by atoms with E-state index in [1.165, 1.54) is 25.7 Å². The minimum atomic E-state index is -0.466. The number of carbonyl (C=O) groups excluding carboxylic acids is 3. The summed E-state index contributed by atoms with van der Waals surface area (Å²) in [6, 6.07) is 0. The van der Waals surface area contributed by atoms with Gasteiger partial charge in [0.25, 0.3) is 0 Å². The minimum absolute atomic E-state index is 0.100. The molecule has 274 valence electrons. The fourth-order valence-electron chi connectivity index (χ4n) is 5.47. The van der Waals surface area contributed by atoms with Crippen LogP contribution in [0.1, 0.15) is 188 Å². The van der Waals surface area contributed by atoms with Crippen molar-refractivity contribution >= 4 is 17.9 Å². The topological polar surface area (TPSA) is 99.1 Å². The van der Waals surface area contributed by atoms with Gasteiger partial charge >= 0.3 is 17.9 Å². The minimum Gasteiger partial charge on any atom is -0.466 e. The van der Waals surface area contributed by atoms with E-state index in [2.05, 4.69) is 38.2 Å². The van der Waals surface area contributed by atoms with Gasteiger partial charge in [-0.25, -0.2) is 4.79 Å². The van der Waals surface area contributed by atoms with Gasteiger partial charge in [0.1, 0.15) is 6.10 Å². The van der Waals surface area contributed by atoms with Gasteiger partial charge in [-0.1, -0.05) is 122 Å². The number of hydrogen-bond donors (Lipinski definition) is 1. The second-order valence-corrected chi connectivity index (χ2v) is 13.0. The first-order valence-electron chi connectivity index (χ1n) is 19.4. The number of allylic oxidation sites excluding steroid dienone is 2. The van der Waals surface area contributed by atoms with Crippen molar-refractivity contribution in [1.29, 1.82) is 0 Å². The van der Waals surface area contributed by atoms with Crippen LogP contribution in [-0.2, 0) is 28.6 Å². The van der Waals surface area contributed by atoms with Gasteiger partial charge in [-0.3, -0.25) is 9.59 Å². The van der Waals surface area contributed by atoms with E-state index in [9.17, 15) is 19.5 Å². The first-order valence-corrected chi connectivity index (χ1v) is 19.4. The highest BCUT2D eigenvalue weighted by atomic mass is 16.6. The van der Waals surface area contributed by atoms with Crippen LogP contribution < -0.4 is 0 Å². The number of carbonyl (C=O) groups is 3. The molecule has 7 nitrogen and oxygen atoms in total. The van der Waals surface area contributed by atoms with Crippen LogP contribution in [0.2, 0.25) is 0 Å². The number of esters is 3. The molecule has 0 aliphatic rings. The molecule has 0 bridgehead atoms. The van der Waals surface area contributed by atoms with E-state index < -0.39 is 5.97 Å². The summed E-state index contributed by atoms with van der Waals surface area (Å²) in [6.45, 7) is 6.35. The molecule has 0 spiro atoms. The van der Waals surface area contributed by atoms with E-state index in [1.54, 1.807) is 0 Å². The van der Waals surface area contributed by atoms with E-state index in [0.29, 0.717) is 25.9 Å². The molecule has 7 heteroatoms. The van der Waals surface area contributed by atoms with Crippen molar-refractivity contribution in [3.05, 3.63) is 24.3 Å². The van der Waals surface area contributed by atoms with Gasteiger partial charge in [0.05, 0.1) is 12.7 Å². The zero-order valence-electron chi connectivity index (χ0n) is 30.7. The van der Waals surface area contributed by atoms with Crippen LogP contribution >= 0.6 is 0 Å². The summed E-state index contributed by atoms with van der Waals surface area (Å²) >= 11 is 0. The molecule has 0 aliphatic heterocycles. The lowest BCUT2D eigenvalue weighted by Crippen LogP contribution is -2.23. The van der Waals surface area contributed by atoms with Crippen molar-refractivity contribution < 1.29 is 33.7 Å². The van der Waals surface area contributed by atoms with Crippen molar-refractivity contribution in [2.75, 3.05) is 13.2 Å². The molecule has 0 amide bonds. The van der Waals surface area contributed by atoms with E-state index in [4.69, 9.17) is 14.2 Å². The van der Waals surface area contributed by atoms with Crippen molar-refractivity contribution in [3.8, 4) is 0 Å². The molecule has 2 atom stereocenters. The first-order chi connectivity index (χ1) is 22.9. The standard InChI is InChI=1S/C40H72O7/c1-4-7-9-23-29-36(41)30-24-19-15-11-13-18-22-28-34-39(43)46-35-40(44)47-37(31-25-10-8-5-2)32-26-20-16-12-14-17-21-27-33-38(42)45-6-3/h19-20,24,26,36-37,41H,4-18,21-23,25,27-35H2,1-3H3. The van der Waals surface area contributed by atoms with Crippen LogP contribution in [0.4, 0.5) is 0 Å². The number of unbranched alkanes of at least 4 members (excludes halogenated alkanes) is 16. The van der Waals surface area contributed by atoms with Crippen LogP contribution in [0, 0.1) is 0 Å². The summed E-state index contributed by atoms with van der Waals surface area (Å²) in [7, 11) is 0. The maximum absolute atomic E-state index is 12.4. The fraction of sp³-hybridized carbons (Fsp3) is 0.825. The third-order valence-corrected chi connectivity index (χ3v) is 8.37. The summed E-state index contributed by atoms with van der Waals surface area (Å²) in [5.74, 6) is -0.900. The molecule has 47 heavy (non-hydrogen) atoms. The molecule has 0 aromatic carbocycles. The van der Waals surface area contributed by atoms with Gasteiger partial charge in [0.2, 0.25) is 0 Å². The Kier molecular flexibility index (Phi) is 33.6. The molecule has 0 aliphatic carbocycles. The Morgan fingerprint density at radius 2 is 1.02 bits per heavy atom. The molecule has 0 saturated heterocycles. The normalized spacial score (nSPS) is 12.9. The van der Waals surface area contributed by atoms with Crippen molar-refractivity contribution in [2.45, 2.75) is 200 Å². The lowest BCUT2D eigenvalue weighted by atomic mass is 10.1. The summed E-state index contributed by atoms with van der Waals surface area (Å²) < 4.78 is 15.9. The van der Waals surface area contributed by atoms with Gasteiger partial charge in [-0.05, 0) is 71.1 Å². The Bertz CT molecular complexity index is 791. The van der Waals surface area contributed by atoms with E-state index in [0.717, 1.165) is 122 Å². The molecular formula is C40H72O7. The molecular weight excluding hydrogens is 592 g/mol. The molecule has 0 fully saturated rings. The SMILES string of the molecule is CCCCCCC(O)CC=CCCCCCCCC(=O)OCC(=O)OC(CC=CCCCCCCCC(=O)OCC)CCCCCC. The number of aliphatic hydroxyl groups is 1. The first kappa shape index (κ1) is 44.9. The highest BCUT2D eigenvalue weighted by Gasteiger charge is 2.15. The fourth-order valence-corrected chi connectivity index (χ4v) is 5.47. The number of ether oxygens (including phenoxy) is 3. The predicted octanol–water partition coefficient (Wildman–Crippen LogP) is 10.7. The highest BCUT2D eigenvalue weighted by Crippen LogP contribution is 2.15. The van der Waals surface area contributed by atoms with Gasteiger partial charge in [0.15, 0.2) is 6.61 Å². The molecule has 0 saturated carbocycles. The third kappa shape index (κ3) is 33.5. The van der Waals surface area contributed by atoms with E-state index >= 15 is 0 Å². The van der Waals surface area contributed by atoms with Crippen LogP contribution in [-0.4, -0.2) is 48.4 Å². The summed E-state index contributed by atoms with van der Waals surface area (Å²) in [5, 5.41) is 10.0. The monoisotopic (exact) mass is 665 g/mol. The summed E-state index contributed by atoms with van der Waals surface area (Å²) in [6.07, 6.45) is 33.8. The van der Waals surface area contributed by atoms with Crippen LogP contribution in [0.5, 0.6) is 0 Å². The van der Waals surface area contributed by atoms with Crippen LogP contribution in [0.15, 0.2) is 24.3 Å². The third-order valence-electron chi connectivity index (χ3n) is 8.37. The Balaban J connectivity index is 4.03. The molecule has 1 N–H and O–H groups in total. The maximum Gasteiger partial charge on any atom is 0.344 e. The smallest absolute Gasteiger partial charge is 0.344 e. The molecule has 2 unspecified atom stereocenters. The molecule has 0 rings (SSSR count). The van der Waals surface area contributed by atoms with Crippen molar-refractivity contribution in [1.82, 2.24) is 0 Å². The van der Waals surface area contributed by atoms with Crippen LogP contribution in [0.25, 0.3) is 0 Å². The van der Waals surface area contributed by atoms with E-state index in [-0.39, 0.29) is 30.8 Å². The van der Waals surface area contributed by atoms with E-state index in [1.807, 2.05) is 6.92 Å². The van der Waals surface area contributed by atoms with Gasteiger partial charge in [0, 0.05) is 19.3 Å². The van der Waals surface area contributed by atoms with Gasteiger partial charge < -0.3 is 19.3 Å². The predicted molar refractivity (Wildman–Crippen MR) is 193 cm³/mol. The molecule has 0 heterocycles. The molecule has 0 aromatic rings. The Morgan fingerprint density at radius 3 is 1.60 bits per heavy atom. The largest absolute Gasteiger partial charge is 0.466 e. The quantitative estimate of drug-likeness (QED) is 0.0316. The molecule has 0 radical (unpaired) electrons. The lowest BCUT2D eigenvalue weighted by molar-refractivity contribution is -0.162.